The summed E-state index contributed by atoms with van der Waals surface area (Å²) in [5.74, 6) is -0.827. The van der Waals surface area contributed by atoms with Crippen molar-refractivity contribution < 1.29 is 24.2 Å². The smallest absolute Gasteiger partial charge is 0.407 e. The molecule has 2 saturated carbocycles. The lowest BCUT2D eigenvalue weighted by atomic mass is 9.93. The number of carbonyl (C=O) groups is 3. The van der Waals surface area contributed by atoms with Crippen molar-refractivity contribution in [3.8, 4) is 11.1 Å². The predicted molar refractivity (Wildman–Crippen MR) is 126 cm³/mol. The van der Waals surface area contributed by atoms with E-state index in [2.05, 4.69) is 34.9 Å². The summed E-state index contributed by atoms with van der Waals surface area (Å²) in [6.45, 7) is 3.52. The summed E-state index contributed by atoms with van der Waals surface area (Å²) in [6, 6.07) is 16.3. The van der Waals surface area contributed by atoms with E-state index in [1.165, 1.54) is 22.3 Å². The molecule has 0 radical (unpaired) electrons. The first-order valence-corrected chi connectivity index (χ1v) is 11.8. The lowest BCUT2D eigenvalue weighted by molar-refractivity contribution is -0.147. The molecule has 0 heterocycles. The Labute approximate surface area is 198 Å². The second kappa shape index (κ2) is 8.15. The monoisotopic (exact) mass is 462 g/mol. The molecule has 34 heavy (non-hydrogen) atoms. The molecule has 2 aromatic carbocycles. The minimum Gasteiger partial charge on any atom is -0.481 e. The number of amides is 2. The van der Waals surface area contributed by atoms with Gasteiger partial charge in [0.2, 0.25) is 5.91 Å². The van der Waals surface area contributed by atoms with Gasteiger partial charge in [-0.1, -0.05) is 48.5 Å². The molecule has 3 aliphatic carbocycles. The van der Waals surface area contributed by atoms with Gasteiger partial charge >= 0.3 is 12.1 Å². The maximum Gasteiger partial charge on any atom is 0.407 e. The van der Waals surface area contributed by atoms with Crippen LogP contribution in [0.4, 0.5) is 4.79 Å². The first-order chi connectivity index (χ1) is 16.2. The van der Waals surface area contributed by atoms with Crippen LogP contribution in [0, 0.1) is 16.7 Å². The predicted octanol–water partition coefficient (Wildman–Crippen LogP) is 3.92. The summed E-state index contributed by atoms with van der Waals surface area (Å²) >= 11 is 0. The van der Waals surface area contributed by atoms with Gasteiger partial charge in [-0.3, -0.25) is 9.59 Å². The summed E-state index contributed by atoms with van der Waals surface area (Å²) in [6.07, 6.45) is 1.62. The van der Waals surface area contributed by atoms with Gasteiger partial charge in [-0.05, 0) is 61.3 Å². The summed E-state index contributed by atoms with van der Waals surface area (Å²) in [4.78, 5) is 36.7. The van der Waals surface area contributed by atoms with Gasteiger partial charge < -0.3 is 20.5 Å². The number of alkyl carbamates (subject to hydrolysis) is 1. The van der Waals surface area contributed by atoms with E-state index in [9.17, 15) is 19.5 Å². The van der Waals surface area contributed by atoms with E-state index in [4.69, 9.17) is 4.74 Å². The van der Waals surface area contributed by atoms with Crippen molar-refractivity contribution >= 4 is 18.0 Å². The number of ether oxygens (including phenoxy) is 1. The van der Waals surface area contributed by atoms with Crippen LogP contribution in [-0.4, -0.2) is 42.3 Å². The number of carboxylic acid groups (broad SMARTS) is 1. The highest BCUT2D eigenvalue weighted by Crippen LogP contribution is 2.63. The molecule has 0 unspecified atom stereocenters. The van der Waals surface area contributed by atoms with Crippen LogP contribution < -0.4 is 10.6 Å². The second-order valence-electron chi connectivity index (χ2n) is 10.5. The number of benzene rings is 2. The van der Waals surface area contributed by atoms with Crippen molar-refractivity contribution in [1.82, 2.24) is 10.6 Å². The standard InChI is InChI=1S/C27H30N2O5/c1-26(2,24(31)32)15-28-23(30)27-12-16(27)11-17(13-27)29-25(33)34-14-22-20-9-5-3-7-18(20)19-8-4-6-10-21(19)22/h3-10,16-17,22H,11-15H2,1-2H3,(H,28,30)(H,29,33)(H,31,32)/t16-,17+,27+/m1/s1. The Morgan fingerprint density at radius 3 is 2.26 bits per heavy atom. The van der Waals surface area contributed by atoms with Gasteiger partial charge in [0.25, 0.3) is 0 Å². The number of hydrogen-bond donors (Lipinski definition) is 3. The molecular weight excluding hydrogens is 432 g/mol. The zero-order chi connectivity index (χ0) is 24.1. The van der Waals surface area contributed by atoms with E-state index in [1.807, 2.05) is 24.3 Å². The van der Waals surface area contributed by atoms with Gasteiger partial charge in [-0.15, -0.1) is 0 Å². The van der Waals surface area contributed by atoms with E-state index in [0.29, 0.717) is 6.42 Å². The molecule has 5 rings (SSSR count). The molecule has 0 bridgehead atoms. The van der Waals surface area contributed by atoms with Gasteiger partial charge in [0.05, 0.1) is 10.8 Å². The van der Waals surface area contributed by atoms with E-state index in [-0.39, 0.29) is 36.9 Å². The normalized spacial score (nSPS) is 24.5. The molecule has 3 N–H and O–H groups in total. The molecule has 2 aromatic rings. The molecule has 0 saturated heterocycles. The van der Waals surface area contributed by atoms with E-state index < -0.39 is 22.9 Å². The Balaban J connectivity index is 1.15. The van der Waals surface area contributed by atoms with Crippen molar-refractivity contribution in [2.75, 3.05) is 13.2 Å². The number of hydrogen-bond acceptors (Lipinski definition) is 4. The van der Waals surface area contributed by atoms with Crippen LogP contribution in [0.5, 0.6) is 0 Å². The summed E-state index contributed by atoms with van der Waals surface area (Å²) in [7, 11) is 0. The third-order valence-corrected chi connectivity index (χ3v) is 7.80. The number of carbonyl (C=O) groups excluding carboxylic acids is 2. The molecule has 0 aromatic heterocycles. The van der Waals surface area contributed by atoms with Crippen LogP contribution in [0.2, 0.25) is 0 Å². The van der Waals surface area contributed by atoms with Crippen molar-refractivity contribution in [1.29, 1.82) is 0 Å². The Morgan fingerprint density at radius 2 is 1.65 bits per heavy atom. The molecule has 3 atom stereocenters. The lowest BCUT2D eigenvalue weighted by Crippen LogP contribution is -2.43. The maximum atomic E-state index is 12.8. The fraction of sp³-hybridized carbons (Fsp3) is 0.444. The zero-order valence-electron chi connectivity index (χ0n) is 19.5. The topological polar surface area (TPSA) is 105 Å². The minimum absolute atomic E-state index is 0.00448. The second-order valence-corrected chi connectivity index (χ2v) is 10.5. The van der Waals surface area contributed by atoms with Crippen LogP contribution >= 0.6 is 0 Å². The van der Waals surface area contributed by atoms with Crippen LogP contribution in [0.3, 0.4) is 0 Å². The van der Waals surface area contributed by atoms with Gasteiger partial charge in [0.1, 0.15) is 6.61 Å². The lowest BCUT2D eigenvalue weighted by Gasteiger charge is -2.22. The van der Waals surface area contributed by atoms with Crippen molar-refractivity contribution in [3.05, 3.63) is 59.7 Å². The Hall–Kier alpha value is -3.35. The zero-order valence-corrected chi connectivity index (χ0v) is 19.5. The van der Waals surface area contributed by atoms with Gasteiger partial charge in [0, 0.05) is 18.5 Å². The van der Waals surface area contributed by atoms with Crippen molar-refractivity contribution in [2.45, 2.75) is 45.1 Å². The number of aliphatic carboxylic acids is 1. The van der Waals surface area contributed by atoms with E-state index >= 15 is 0 Å². The van der Waals surface area contributed by atoms with E-state index in [1.54, 1.807) is 13.8 Å². The first kappa shape index (κ1) is 22.4. The third-order valence-electron chi connectivity index (χ3n) is 7.80. The summed E-state index contributed by atoms with van der Waals surface area (Å²) in [5, 5.41) is 15.0. The number of rotatable bonds is 7. The largest absolute Gasteiger partial charge is 0.481 e. The molecule has 2 amide bonds. The van der Waals surface area contributed by atoms with Crippen LogP contribution in [-0.2, 0) is 14.3 Å². The van der Waals surface area contributed by atoms with Crippen molar-refractivity contribution in [2.24, 2.45) is 16.7 Å². The van der Waals surface area contributed by atoms with Crippen LogP contribution in [0.25, 0.3) is 11.1 Å². The summed E-state index contributed by atoms with van der Waals surface area (Å²) < 4.78 is 5.65. The minimum atomic E-state index is -1.02. The Kier molecular flexibility index (Phi) is 5.38. The highest BCUT2D eigenvalue weighted by atomic mass is 16.5. The third kappa shape index (κ3) is 3.83. The molecule has 7 nitrogen and oxygen atoms in total. The molecule has 0 spiro atoms. The Morgan fingerprint density at radius 1 is 1.03 bits per heavy atom. The molecule has 7 heteroatoms. The first-order valence-electron chi connectivity index (χ1n) is 11.8. The van der Waals surface area contributed by atoms with Crippen LogP contribution in [0.1, 0.15) is 50.2 Å². The Bertz CT molecular complexity index is 1110. The van der Waals surface area contributed by atoms with Crippen molar-refractivity contribution in [3.63, 3.8) is 0 Å². The molecule has 0 aliphatic heterocycles. The summed E-state index contributed by atoms with van der Waals surface area (Å²) in [5.41, 5.74) is 3.19. The molecular formula is C27H30N2O5. The van der Waals surface area contributed by atoms with Gasteiger partial charge in [0.15, 0.2) is 0 Å². The number of carboxylic acids is 1. The molecule has 2 fully saturated rings. The average Bonchev–Trinajstić information content (AvgIpc) is 3.24. The van der Waals surface area contributed by atoms with E-state index in [0.717, 1.165) is 12.8 Å². The highest BCUT2D eigenvalue weighted by Gasteiger charge is 2.65. The maximum absolute atomic E-state index is 12.8. The fourth-order valence-electron chi connectivity index (χ4n) is 5.65. The van der Waals surface area contributed by atoms with Gasteiger partial charge in [-0.2, -0.15) is 0 Å². The molecule has 3 aliphatic rings. The van der Waals surface area contributed by atoms with Gasteiger partial charge in [-0.25, -0.2) is 4.79 Å². The fourth-order valence-corrected chi connectivity index (χ4v) is 5.65. The average molecular weight is 463 g/mol. The number of nitrogens with one attached hydrogen (secondary N) is 2. The number of fused-ring (bicyclic) bond motifs is 4. The highest BCUT2D eigenvalue weighted by molar-refractivity contribution is 5.87. The SMILES string of the molecule is CC(C)(CNC(=O)[C@@]12C[C@@H](NC(=O)OCC3c4ccccc4-c4ccccc43)C[C@@H]1C2)C(=O)O. The molecule has 178 valence electrons. The quantitative estimate of drug-likeness (QED) is 0.579. The van der Waals surface area contributed by atoms with Crippen LogP contribution in [0.15, 0.2) is 48.5 Å².